The van der Waals surface area contributed by atoms with Crippen LogP contribution in [0.3, 0.4) is 0 Å². The molecule has 2 unspecified atom stereocenters. The first-order valence-corrected chi connectivity index (χ1v) is 18.0. The number of anilines is 1. The van der Waals surface area contributed by atoms with Gasteiger partial charge in [0.25, 0.3) is 0 Å². The Morgan fingerprint density at radius 2 is 1.90 bits per heavy atom. The zero-order chi connectivity index (χ0) is 35.5. The lowest BCUT2D eigenvalue weighted by Gasteiger charge is -2.37. The van der Waals surface area contributed by atoms with E-state index in [0.717, 1.165) is 40.8 Å². The first-order valence-electron chi connectivity index (χ1n) is 17.1. The number of piperidine rings is 1. The molecule has 2 saturated heterocycles. The molecule has 0 radical (unpaired) electrons. The minimum atomic E-state index is -0.664. The van der Waals surface area contributed by atoms with Gasteiger partial charge in [-0.3, -0.25) is 9.69 Å². The van der Waals surface area contributed by atoms with E-state index in [0.29, 0.717) is 44.2 Å². The Bertz CT molecular complexity index is 1580. The first kappa shape index (κ1) is 36.5. The van der Waals surface area contributed by atoms with Crippen LogP contribution in [0.2, 0.25) is 0 Å². The molecule has 49 heavy (non-hydrogen) atoms. The summed E-state index contributed by atoms with van der Waals surface area (Å²) in [5, 5.41) is 18.1. The number of likely N-dealkylation sites (tertiary alicyclic amines) is 2. The van der Waals surface area contributed by atoms with E-state index in [1.165, 1.54) is 0 Å². The number of rotatable bonds is 11. The molecule has 13 heteroatoms. The van der Waals surface area contributed by atoms with Crippen LogP contribution in [-0.4, -0.2) is 100 Å². The summed E-state index contributed by atoms with van der Waals surface area (Å²) in [6.07, 6.45) is 1.74. The number of carbonyl (C=O) groups excluding carboxylic acids is 3. The number of nitrogens with zero attached hydrogens (tertiary/aromatic N) is 5. The topological polar surface area (TPSA) is 141 Å². The van der Waals surface area contributed by atoms with E-state index >= 15 is 0 Å². The van der Waals surface area contributed by atoms with Crippen LogP contribution in [0.4, 0.5) is 10.6 Å². The van der Waals surface area contributed by atoms with Gasteiger partial charge in [-0.05, 0) is 65.0 Å². The second-order valence-electron chi connectivity index (χ2n) is 14.5. The van der Waals surface area contributed by atoms with Crippen LogP contribution < -0.4 is 10.2 Å². The summed E-state index contributed by atoms with van der Waals surface area (Å²) in [5.41, 5.74) is 4.36. The van der Waals surface area contributed by atoms with Crippen molar-refractivity contribution in [3.05, 3.63) is 52.9 Å². The molecule has 4 heterocycles. The lowest BCUT2D eigenvalue weighted by atomic mass is 9.91. The van der Waals surface area contributed by atoms with E-state index in [9.17, 15) is 19.5 Å². The number of aromatic nitrogens is 2. The number of aliphatic hydroxyl groups is 1. The largest absolute Gasteiger partial charge is 0.444 e. The number of aldehydes is 1. The second kappa shape index (κ2) is 15.4. The van der Waals surface area contributed by atoms with Crippen molar-refractivity contribution in [1.82, 2.24) is 25.3 Å². The van der Waals surface area contributed by atoms with E-state index in [2.05, 4.69) is 20.4 Å². The number of amides is 2. The van der Waals surface area contributed by atoms with Crippen LogP contribution in [-0.2, 0) is 14.3 Å². The standard InChI is InChI=1S/C36H50N6O6S/c1-22(20-43)29(31-17-32(39-48-31)40(7)27-12-14-41(15-13-27)35(46)47-36(4,5)6)19-42-18-28(44)16-30(42)34(45)38-23(2)25-8-10-26(11-9-25)33-24(3)37-21-49-33/h8-11,17,20-23,27-30,44H,12-16,18-19H2,1-7H3,(H,38,45)/t22?,23-,28+,29?,30-/m0/s1. The summed E-state index contributed by atoms with van der Waals surface area (Å²) < 4.78 is 11.4. The van der Waals surface area contributed by atoms with Crippen LogP contribution in [0.25, 0.3) is 10.4 Å². The Hall–Kier alpha value is -3.81. The van der Waals surface area contributed by atoms with Crippen LogP contribution in [0, 0.1) is 12.8 Å². The molecule has 5 rings (SSSR count). The Morgan fingerprint density at radius 1 is 1.20 bits per heavy atom. The first-order chi connectivity index (χ1) is 23.2. The highest BCUT2D eigenvalue weighted by molar-refractivity contribution is 7.13. The molecule has 5 atom stereocenters. The van der Waals surface area contributed by atoms with Crippen LogP contribution >= 0.6 is 11.3 Å². The predicted octanol–water partition coefficient (Wildman–Crippen LogP) is 5.17. The number of aryl methyl sites for hydroxylation is 1. The van der Waals surface area contributed by atoms with Gasteiger partial charge in [-0.15, -0.1) is 11.3 Å². The molecule has 0 aliphatic carbocycles. The van der Waals surface area contributed by atoms with E-state index in [-0.39, 0.29) is 30.0 Å². The fraction of sp³-hybridized carbons (Fsp3) is 0.583. The molecule has 3 aromatic rings. The maximum Gasteiger partial charge on any atom is 0.410 e. The van der Waals surface area contributed by atoms with Crippen molar-refractivity contribution in [2.24, 2.45) is 5.92 Å². The summed E-state index contributed by atoms with van der Waals surface area (Å²) in [5.74, 6) is 0.249. The number of β-amino-alcohol motifs (C(OH)–C–C–N with tert-alkyl or cyclic N) is 1. The van der Waals surface area contributed by atoms with Crippen LogP contribution in [0.15, 0.2) is 40.4 Å². The van der Waals surface area contributed by atoms with Gasteiger partial charge in [0.1, 0.15) is 17.6 Å². The Labute approximate surface area is 292 Å². The molecule has 0 bridgehead atoms. The van der Waals surface area contributed by atoms with Gasteiger partial charge in [-0.2, -0.15) is 0 Å². The Balaban J connectivity index is 1.21. The molecular formula is C36H50N6O6S. The van der Waals surface area contributed by atoms with Crippen LogP contribution in [0.1, 0.15) is 82.9 Å². The van der Waals surface area contributed by atoms with E-state index in [1.54, 1.807) is 16.2 Å². The molecule has 2 fully saturated rings. The monoisotopic (exact) mass is 694 g/mol. The maximum atomic E-state index is 13.6. The normalized spacial score (nSPS) is 20.9. The lowest BCUT2D eigenvalue weighted by molar-refractivity contribution is -0.126. The summed E-state index contributed by atoms with van der Waals surface area (Å²) >= 11 is 1.60. The molecule has 1 aromatic carbocycles. The quantitative estimate of drug-likeness (QED) is 0.258. The molecule has 12 nitrogen and oxygen atoms in total. The minimum absolute atomic E-state index is 0.149. The molecule has 0 saturated carbocycles. The van der Waals surface area contributed by atoms with Crippen molar-refractivity contribution in [2.75, 3.05) is 38.1 Å². The third kappa shape index (κ3) is 8.87. The van der Waals surface area contributed by atoms with Gasteiger partial charge < -0.3 is 34.3 Å². The van der Waals surface area contributed by atoms with Gasteiger partial charge >= 0.3 is 6.09 Å². The highest BCUT2D eigenvalue weighted by Gasteiger charge is 2.39. The molecule has 2 aliphatic heterocycles. The predicted molar refractivity (Wildman–Crippen MR) is 189 cm³/mol. The van der Waals surface area contributed by atoms with Crippen molar-refractivity contribution in [3.8, 4) is 10.4 Å². The van der Waals surface area contributed by atoms with Crippen LogP contribution in [0.5, 0.6) is 0 Å². The minimum Gasteiger partial charge on any atom is -0.444 e. The average Bonchev–Trinajstić information content (AvgIpc) is 3.82. The highest BCUT2D eigenvalue weighted by Crippen LogP contribution is 2.33. The molecule has 2 aromatic heterocycles. The average molecular weight is 695 g/mol. The molecule has 266 valence electrons. The van der Waals surface area contributed by atoms with Crippen molar-refractivity contribution in [1.29, 1.82) is 0 Å². The number of thiazole rings is 1. The molecule has 2 amide bonds. The summed E-state index contributed by atoms with van der Waals surface area (Å²) in [4.78, 5) is 49.5. The van der Waals surface area contributed by atoms with E-state index < -0.39 is 23.7 Å². The third-order valence-corrected chi connectivity index (χ3v) is 10.6. The molecule has 2 aliphatic rings. The van der Waals surface area contributed by atoms with Gasteiger partial charge in [-0.1, -0.05) is 36.3 Å². The molecular weight excluding hydrogens is 644 g/mol. The zero-order valence-corrected chi connectivity index (χ0v) is 30.4. The molecule has 2 N–H and O–H groups in total. The van der Waals surface area contributed by atoms with Crippen molar-refractivity contribution in [3.63, 3.8) is 0 Å². The summed E-state index contributed by atoms with van der Waals surface area (Å²) in [7, 11) is 1.96. The number of nitrogens with one attached hydrogen (secondary N) is 1. The summed E-state index contributed by atoms with van der Waals surface area (Å²) in [6, 6.07) is 9.35. The SMILES string of the molecule is Cc1ncsc1-c1ccc([C@H](C)NC(=O)[C@@H]2C[C@@H](O)CN2CC(c2cc(N(C)C3CCN(C(=O)OC(C)(C)C)CC3)no2)C(C)C=O)cc1. The van der Waals surface area contributed by atoms with Gasteiger partial charge in [0.15, 0.2) is 5.82 Å². The lowest BCUT2D eigenvalue weighted by Crippen LogP contribution is -2.47. The maximum absolute atomic E-state index is 13.6. The number of aliphatic hydroxyl groups excluding tert-OH is 1. The van der Waals surface area contributed by atoms with Crippen molar-refractivity contribution in [2.45, 2.75) is 96.6 Å². The van der Waals surface area contributed by atoms with Gasteiger partial charge in [-0.25, -0.2) is 9.78 Å². The smallest absolute Gasteiger partial charge is 0.410 e. The third-order valence-electron chi connectivity index (χ3n) is 9.65. The number of carbonyl (C=O) groups is 3. The van der Waals surface area contributed by atoms with Gasteiger partial charge in [0.2, 0.25) is 5.91 Å². The fourth-order valence-corrected chi connectivity index (χ4v) is 7.49. The highest BCUT2D eigenvalue weighted by atomic mass is 32.1. The van der Waals surface area contributed by atoms with E-state index in [1.807, 2.05) is 89.3 Å². The van der Waals surface area contributed by atoms with Crippen molar-refractivity contribution < 1.29 is 28.8 Å². The fourth-order valence-electron chi connectivity index (χ4n) is 6.68. The second-order valence-corrected chi connectivity index (χ2v) is 15.3. The number of benzene rings is 1. The Morgan fingerprint density at radius 3 is 2.51 bits per heavy atom. The molecule has 0 spiro atoms. The van der Waals surface area contributed by atoms with Gasteiger partial charge in [0.05, 0.1) is 34.3 Å². The Kier molecular flexibility index (Phi) is 11.5. The summed E-state index contributed by atoms with van der Waals surface area (Å²) in [6.45, 7) is 13.2. The number of ether oxygens (including phenoxy) is 1. The number of hydrogen-bond donors (Lipinski definition) is 2. The van der Waals surface area contributed by atoms with E-state index in [4.69, 9.17) is 9.26 Å². The number of hydrogen-bond acceptors (Lipinski definition) is 11. The van der Waals surface area contributed by atoms with Crippen molar-refractivity contribution >= 4 is 35.4 Å². The van der Waals surface area contributed by atoms with Gasteiger partial charge in [0, 0.05) is 57.2 Å². The zero-order valence-electron chi connectivity index (χ0n) is 29.6.